The summed E-state index contributed by atoms with van der Waals surface area (Å²) in [5.74, 6) is 0. The van der Waals surface area contributed by atoms with Crippen molar-refractivity contribution in [2.75, 3.05) is 0 Å². The third kappa shape index (κ3) is 3.65. The van der Waals surface area contributed by atoms with Crippen LogP contribution in [0.3, 0.4) is 0 Å². The van der Waals surface area contributed by atoms with Crippen molar-refractivity contribution in [2.45, 2.75) is 12.8 Å². The van der Waals surface area contributed by atoms with Gasteiger partial charge in [0.25, 0.3) is 0 Å². The Morgan fingerprint density at radius 2 is 0.980 bits per heavy atom. The Balaban J connectivity index is 1.42. The minimum atomic E-state index is 1.07. The van der Waals surface area contributed by atoms with E-state index >= 15 is 0 Å². The maximum Gasteiger partial charge on any atom is 0.0626 e. The minimum absolute atomic E-state index is 1.07. The quantitative estimate of drug-likeness (QED) is 0.134. The average Bonchev–Trinajstić information content (AvgIpc) is 3.51. The molecule has 1 nitrogen and oxygen atoms in total. The molecule has 1 aromatic heterocycles. The highest BCUT2D eigenvalue weighted by atomic mass is 15.0. The van der Waals surface area contributed by atoms with Crippen LogP contribution in [0.25, 0.3) is 105 Å². The van der Waals surface area contributed by atoms with Gasteiger partial charge >= 0.3 is 0 Å². The lowest BCUT2D eigenvalue weighted by atomic mass is 9.88. The first-order valence-electron chi connectivity index (χ1n) is 17.4. The third-order valence-electron chi connectivity index (χ3n) is 10.9. The second-order valence-corrected chi connectivity index (χ2v) is 13.4. The molecule has 10 aromatic rings. The van der Waals surface area contributed by atoms with Crippen LogP contribution in [-0.2, 0) is 0 Å². The molecule has 228 valence electrons. The zero-order valence-electron chi connectivity index (χ0n) is 26.9. The summed E-state index contributed by atoms with van der Waals surface area (Å²) in [6.45, 7) is 0. The van der Waals surface area contributed by atoms with Crippen molar-refractivity contribution in [3.05, 3.63) is 162 Å². The van der Waals surface area contributed by atoms with E-state index < -0.39 is 0 Å². The van der Waals surface area contributed by atoms with Gasteiger partial charge in [0.2, 0.25) is 0 Å². The van der Waals surface area contributed by atoms with Crippen molar-refractivity contribution in [1.82, 2.24) is 4.57 Å². The van der Waals surface area contributed by atoms with E-state index in [0.717, 1.165) is 12.8 Å². The molecule has 9 aromatic carbocycles. The van der Waals surface area contributed by atoms with E-state index in [4.69, 9.17) is 0 Å². The lowest BCUT2D eigenvalue weighted by Crippen LogP contribution is -2.27. The van der Waals surface area contributed by atoms with Crippen LogP contribution in [0, 0.1) is 0 Å². The Labute approximate surface area is 283 Å². The zero-order chi connectivity index (χ0) is 32.1. The number of nitrogens with zero attached hydrogens (tertiary/aromatic N) is 1. The number of aromatic nitrogens is 1. The molecule has 0 aliphatic heterocycles. The van der Waals surface area contributed by atoms with Crippen LogP contribution in [-0.4, -0.2) is 4.57 Å². The zero-order valence-corrected chi connectivity index (χ0v) is 26.9. The van der Waals surface area contributed by atoms with E-state index in [0.29, 0.717) is 0 Å². The first-order chi connectivity index (χ1) is 24.4. The number of para-hydroxylation sites is 1. The first-order valence-corrected chi connectivity index (χ1v) is 17.4. The molecule has 0 unspecified atom stereocenters. The van der Waals surface area contributed by atoms with Gasteiger partial charge in [-0.2, -0.15) is 0 Å². The molecule has 1 heterocycles. The molecule has 0 atom stereocenters. The molecule has 1 heteroatoms. The Hall–Kier alpha value is -6.18. The summed E-state index contributed by atoms with van der Waals surface area (Å²) in [5, 5.41) is 18.2. The molecule has 1 aliphatic rings. The van der Waals surface area contributed by atoms with Crippen molar-refractivity contribution in [3.63, 3.8) is 0 Å². The number of fused-ring (bicyclic) bond motifs is 13. The van der Waals surface area contributed by atoms with Crippen molar-refractivity contribution >= 4 is 87.8 Å². The van der Waals surface area contributed by atoms with E-state index in [-0.39, 0.29) is 0 Å². The lowest BCUT2D eigenvalue weighted by Gasteiger charge is -2.21. The summed E-state index contributed by atoms with van der Waals surface area (Å²) in [4.78, 5) is 0. The van der Waals surface area contributed by atoms with Crippen LogP contribution in [0.15, 0.2) is 152 Å². The van der Waals surface area contributed by atoms with Crippen molar-refractivity contribution in [1.29, 1.82) is 0 Å². The molecule has 0 saturated carbocycles. The number of hydrogen-bond acceptors (Lipinski definition) is 0. The predicted octanol–water partition coefficient (Wildman–Crippen LogP) is 11.6. The summed E-state index contributed by atoms with van der Waals surface area (Å²) in [7, 11) is 0. The normalized spacial score (nSPS) is 13.1. The van der Waals surface area contributed by atoms with Gasteiger partial charge in [-0.3, -0.25) is 0 Å². The Morgan fingerprint density at radius 1 is 0.388 bits per heavy atom. The van der Waals surface area contributed by atoms with Gasteiger partial charge in [-0.15, -0.1) is 0 Å². The van der Waals surface area contributed by atoms with Gasteiger partial charge in [0.05, 0.1) is 16.7 Å². The van der Waals surface area contributed by atoms with Crippen molar-refractivity contribution in [2.24, 2.45) is 0 Å². The summed E-state index contributed by atoms with van der Waals surface area (Å²) >= 11 is 0. The molecule has 1 aliphatic carbocycles. The van der Waals surface area contributed by atoms with Gasteiger partial charge in [-0.1, -0.05) is 158 Å². The summed E-state index contributed by atoms with van der Waals surface area (Å²) in [6.07, 6.45) is 7.06. The minimum Gasteiger partial charge on any atom is -0.307 e. The second-order valence-electron chi connectivity index (χ2n) is 13.4. The maximum absolute atomic E-state index is 2.61. The fourth-order valence-electron chi connectivity index (χ4n) is 8.98. The standard InChI is InChI=1S/C48H31N/c1-3-17-32-30(14-1)16-13-26-35(32)44-36-20-6-9-23-40(36)47(41-24-10-7-21-37(41)44)49-43-27-12-11-25-42(43)46-45-33-18-4-2-15-31(33)28-29-38(45)34-19-5-8-22-39(34)48(46)49/h1,3,5-29H,2,4H2. The van der Waals surface area contributed by atoms with Crippen molar-refractivity contribution < 1.29 is 0 Å². The average molecular weight is 622 g/mol. The van der Waals surface area contributed by atoms with Crippen LogP contribution in [0.2, 0.25) is 0 Å². The number of benzene rings is 9. The van der Waals surface area contributed by atoms with Crippen LogP contribution in [0.4, 0.5) is 0 Å². The smallest absolute Gasteiger partial charge is 0.0626 e. The van der Waals surface area contributed by atoms with E-state index in [1.165, 1.54) is 103 Å². The molecule has 49 heavy (non-hydrogen) atoms. The van der Waals surface area contributed by atoms with Gasteiger partial charge in [0.15, 0.2) is 0 Å². The highest BCUT2D eigenvalue weighted by molar-refractivity contribution is 6.33. The molecule has 0 N–H and O–H groups in total. The summed E-state index contributed by atoms with van der Waals surface area (Å²) in [6, 6.07) is 56.4. The molecule has 0 spiro atoms. The van der Waals surface area contributed by atoms with Gasteiger partial charge in [-0.05, 0) is 78.2 Å². The highest BCUT2D eigenvalue weighted by Gasteiger charge is 2.24. The number of hydrogen-bond donors (Lipinski definition) is 0. The fraction of sp³-hybridized carbons (Fsp3) is 0.0417. The van der Waals surface area contributed by atoms with Crippen LogP contribution >= 0.6 is 0 Å². The molecule has 0 saturated heterocycles. The van der Waals surface area contributed by atoms with Crippen LogP contribution in [0.1, 0.15) is 12.8 Å². The predicted molar refractivity (Wildman–Crippen MR) is 211 cm³/mol. The third-order valence-corrected chi connectivity index (χ3v) is 10.9. The molecule has 0 bridgehead atoms. The van der Waals surface area contributed by atoms with E-state index in [1.54, 1.807) is 0 Å². The molecular formula is C48H31N. The number of rotatable bonds is 2. The van der Waals surface area contributed by atoms with Crippen LogP contribution in [0.5, 0.6) is 0 Å². The summed E-state index contributed by atoms with van der Waals surface area (Å²) < 4.78 is 2.61. The van der Waals surface area contributed by atoms with Gasteiger partial charge < -0.3 is 4.57 Å². The first kappa shape index (κ1) is 26.8. The maximum atomic E-state index is 2.61. The monoisotopic (exact) mass is 621 g/mol. The molecule has 0 fully saturated rings. The Bertz CT molecular complexity index is 3100. The molecule has 0 radical (unpaired) electrons. The highest BCUT2D eigenvalue weighted by Crippen LogP contribution is 2.47. The molecular weight excluding hydrogens is 591 g/mol. The lowest BCUT2D eigenvalue weighted by molar-refractivity contribution is 1.12. The molecule has 0 amide bonds. The Morgan fingerprint density at radius 3 is 1.76 bits per heavy atom. The second kappa shape index (κ2) is 10.2. The van der Waals surface area contributed by atoms with Gasteiger partial charge in [0.1, 0.15) is 0 Å². The van der Waals surface area contributed by atoms with E-state index in [9.17, 15) is 0 Å². The fourth-order valence-corrected chi connectivity index (χ4v) is 8.98. The largest absolute Gasteiger partial charge is 0.307 e. The van der Waals surface area contributed by atoms with E-state index in [1.807, 2.05) is 0 Å². The molecule has 11 rings (SSSR count). The SMILES string of the molecule is C1=c2ccc3c4ccccc4c4c(c5ccccc5n4-c4c5ccccc5c(-c5cccc6ccccc56)c5ccccc45)c3c2=CCC1. The van der Waals surface area contributed by atoms with E-state index in [2.05, 4.69) is 168 Å². The van der Waals surface area contributed by atoms with Crippen LogP contribution < -0.4 is 10.4 Å². The van der Waals surface area contributed by atoms with Gasteiger partial charge in [-0.25, -0.2) is 0 Å². The Kier molecular flexibility index (Phi) is 5.57. The van der Waals surface area contributed by atoms with Crippen molar-refractivity contribution in [3.8, 4) is 16.8 Å². The topological polar surface area (TPSA) is 4.93 Å². The van der Waals surface area contributed by atoms with Gasteiger partial charge in [0, 0.05) is 26.9 Å². The summed E-state index contributed by atoms with van der Waals surface area (Å²) in [5.41, 5.74) is 6.33.